The van der Waals surface area contributed by atoms with Crippen LogP contribution in [0.25, 0.3) is 6.08 Å². The van der Waals surface area contributed by atoms with E-state index in [9.17, 15) is 22.8 Å². The van der Waals surface area contributed by atoms with E-state index in [2.05, 4.69) is 4.98 Å². The number of carbonyl (C=O) groups is 2. The number of carboxylic acids is 1. The fourth-order valence-electron chi connectivity index (χ4n) is 2.59. The third-order valence-electron chi connectivity index (χ3n) is 4.12. The van der Waals surface area contributed by atoms with Crippen molar-refractivity contribution in [3.63, 3.8) is 0 Å². The molecule has 190 valence electrons. The lowest BCUT2D eigenvalue weighted by molar-refractivity contribution is -0.152. The first-order chi connectivity index (χ1) is 16.3. The van der Waals surface area contributed by atoms with E-state index in [1.165, 1.54) is 31.2 Å². The standard InChI is InChI=1S/C23H23ClF3NO7/c1-13(2)32-11-18(34-14(3)29)12-33-17-6-4-15(5-7-21(30)31)20(9-17)35-22-19(24)8-16(10-28-22)23(25,26)27/h4-10,13,18H,11-12H2,1-3H3,(H,30,31). The van der Waals surface area contributed by atoms with Crippen molar-refractivity contribution in [2.24, 2.45) is 0 Å². The summed E-state index contributed by atoms with van der Waals surface area (Å²) in [6, 6.07) is 5.00. The van der Waals surface area contributed by atoms with Gasteiger partial charge in [-0.1, -0.05) is 11.6 Å². The predicted molar refractivity (Wildman–Crippen MR) is 120 cm³/mol. The second kappa shape index (κ2) is 12.4. The van der Waals surface area contributed by atoms with Gasteiger partial charge in [0.1, 0.15) is 23.1 Å². The summed E-state index contributed by atoms with van der Waals surface area (Å²) >= 11 is 5.92. The van der Waals surface area contributed by atoms with Gasteiger partial charge in [-0.2, -0.15) is 13.2 Å². The summed E-state index contributed by atoms with van der Waals surface area (Å²) in [7, 11) is 0. The van der Waals surface area contributed by atoms with E-state index in [0.717, 1.165) is 6.08 Å². The van der Waals surface area contributed by atoms with Crippen LogP contribution in [0.2, 0.25) is 5.02 Å². The van der Waals surface area contributed by atoms with Crippen LogP contribution in [0.1, 0.15) is 31.9 Å². The Kier molecular flexibility index (Phi) is 9.90. The van der Waals surface area contributed by atoms with Crippen molar-refractivity contribution in [3.8, 4) is 17.4 Å². The number of rotatable bonds is 11. The first-order valence-electron chi connectivity index (χ1n) is 10.2. The molecular weight excluding hydrogens is 495 g/mol. The van der Waals surface area contributed by atoms with Crippen molar-refractivity contribution in [1.82, 2.24) is 4.98 Å². The van der Waals surface area contributed by atoms with Crippen molar-refractivity contribution in [2.75, 3.05) is 13.2 Å². The molecule has 1 unspecified atom stereocenters. The monoisotopic (exact) mass is 517 g/mol. The Morgan fingerprint density at radius 3 is 2.49 bits per heavy atom. The third-order valence-corrected chi connectivity index (χ3v) is 4.39. The van der Waals surface area contributed by atoms with Crippen LogP contribution in [0, 0.1) is 0 Å². The lowest BCUT2D eigenvalue weighted by atomic mass is 10.1. The molecule has 0 bridgehead atoms. The van der Waals surface area contributed by atoms with Gasteiger partial charge < -0.3 is 24.1 Å². The SMILES string of the molecule is CC(=O)OC(COc1ccc(C=CC(=O)O)c(Oc2ncc(C(F)(F)F)cc2Cl)c1)COC(C)C. The second-order valence-electron chi connectivity index (χ2n) is 7.41. The Morgan fingerprint density at radius 1 is 1.20 bits per heavy atom. The van der Waals surface area contributed by atoms with Crippen LogP contribution in [0.5, 0.6) is 17.4 Å². The number of hydrogen-bond acceptors (Lipinski definition) is 7. The number of nitrogens with zero attached hydrogens (tertiary/aromatic N) is 1. The van der Waals surface area contributed by atoms with Crippen LogP contribution < -0.4 is 9.47 Å². The quantitative estimate of drug-likeness (QED) is 0.313. The zero-order chi connectivity index (χ0) is 26.2. The first-order valence-corrected chi connectivity index (χ1v) is 10.6. The molecule has 0 aliphatic carbocycles. The minimum absolute atomic E-state index is 0.0108. The highest BCUT2D eigenvalue weighted by Crippen LogP contribution is 2.36. The number of ether oxygens (including phenoxy) is 4. The van der Waals surface area contributed by atoms with Crippen LogP contribution in [0.3, 0.4) is 0 Å². The van der Waals surface area contributed by atoms with Gasteiger partial charge in [0.2, 0.25) is 5.88 Å². The van der Waals surface area contributed by atoms with Gasteiger partial charge in [-0.3, -0.25) is 4.79 Å². The molecule has 0 aliphatic rings. The number of aliphatic carboxylic acids is 1. The van der Waals surface area contributed by atoms with Gasteiger partial charge in [-0.25, -0.2) is 9.78 Å². The topological polar surface area (TPSA) is 104 Å². The summed E-state index contributed by atoms with van der Waals surface area (Å²) in [6.07, 6.45) is -2.82. The molecule has 2 rings (SSSR count). The number of halogens is 4. The van der Waals surface area contributed by atoms with Crippen molar-refractivity contribution in [2.45, 2.75) is 39.2 Å². The highest BCUT2D eigenvalue weighted by molar-refractivity contribution is 6.31. The largest absolute Gasteiger partial charge is 0.489 e. The van der Waals surface area contributed by atoms with Crippen LogP contribution in [-0.4, -0.2) is 47.5 Å². The van der Waals surface area contributed by atoms with Gasteiger partial charge in [0.05, 0.1) is 18.3 Å². The van der Waals surface area contributed by atoms with Crippen molar-refractivity contribution in [1.29, 1.82) is 0 Å². The molecule has 12 heteroatoms. The Balaban J connectivity index is 2.30. The predicted octanol–water partition coefficient (Wildman–Crippen LogP) is 5.38. The molecule has 1 heterocycles. The average molecular weight is 518 g/mol. The number of aromatic nitrogens is 1. The molecule has 0 amide bonds. The zero-order valence-corrected chi connectivity index (χ0v) is 19.7. The van der Waals surface area contributed by atoms with Crippen molar-refractivity contribution < 1.29 is 46.8 Å². The third kappa shape index (κ3) is 9.45. The lowest BCUT2D eigenvalue weighted by Gasteiger charge is -2.19. The zero-order valence-electron chi connectivity index (χ0n) is 19.0. The number of carbonyl (C=O) groups excluding carboxylic acids is 1. The Bertz CT molecular complexity index is 1070. The normalized spacial score (nSPS) is 12.6. The van der Waals surface area contributed by atoms with Gasteiger partial charge in [-0.05, 0) is 38.1 Å². The van der Waals surface area contributed by atoms with E-state index in [1.807, 2.05) is 13.8 Å². The highest BCUT2D eigenvalue weighted by Gasteiger charge is 2.32. The van der Waals surface area contributed by atoms with Crippen LogP contribution in [0.15, 0.2) is 36.5 Å². The molecular formula is C23H23ClF3NO7. The number of alkyl halides is 3. The summed E-state index contributed by atoms with van der Waals surface area (Å²) in [4.78, 5) is 25.9. The van der Waals surface area contributed by atoms with Gasteiger partial charge >= 0.3 is 18.1 Å². The molecule has 1 aromatic carbocycles. The maximum absolute atomic E-state index is 12.9. The average Bonchev–Trinajstić information content (AvgIpc) is 2.75. The van der Waals surface area contributed by atoms with E-state index in [1.54, 1.807) is 0 Å². The summed E-state index contributed by atoms with van der Waals surface area (Å²) in [5.74, 6) is -1.83. The molecule has 1 N–H and O–H groups in total. The molecule has 2 aromatic rings. The van der Waals surface area contributed by atoms with Crippen LogP contribution >= 0.6 is 11.6 Å². The molecule has 8 nitrogen and oxygen atoms in total. The Labute approximate surface area is 204 Å². The van der Waals surface area contributed by atoms with Gasteiger partial charge in [0.15, 0.2) is 6.10 Å². The molecule has 0 spiro atoms. The maximum atomic E-state index is 12.9. The molecule has 0 radical (unpaired) electrons. The minimum Gasteiger partial charge on any atom is -0.489 e. The van der Waals surface area contributed by atoms with E-state index in [-0.39, 0.29) is 42.3 Å². The highest BCUT2D eigenvalue weighted by atomic mass is 35.5. The second-order valence-corrected chi connectivity index (χ2v) is 7.81. The maximum Gasteiger partial charge on any atom is 0.417 e. The van der Waals surface area contributed by atoms with Gasteiger partial charge in [0.25, 0.3) is 0 Å². The lowest BCUT2D eigenvalue weighted by Crippen LogP contribution is -2.30. The van der Waals surface area contributed by atoms with E-state index in [0.29, 0.717) is 12.3 Å². The number of carboxylic acid groups (broad SMARTS) is 1. The Morgan fingerprint density at radius 2 is 1.91 bits per heavy atom. The molecule has 1 aromatic heterocycles. The summed E-state index contributed by atoms with van der Waals surface area (Å²) in [6.45, 7) is 4.90. The number of hydrogen-bond donors (Lipinski definition) is 1. The molecule has 0 saturated heterocycles. The van der Waals surface area contributed by atoms with Crippen molar-refractivity contribution in [3.05, 3.63) is 52.7 Å². The molecule has 0 aliphatic heterocycles. The summed E-state index contributed by atoms with van der Waals surface area (Å²) in [5.41, 5.74) is -0.796. The van der Waals surface area contributed by atoms with Crippen LogP contribution in [-0.2, 0) is 25.2 Å². The molecule has 35 heavy (non-hydrogen) atoms. The minimum atomic E-state index is -4.64. The molecule has 1 atom stereocenters. The van der Waals surface area contributed by atoms with E-state index >= 15 is 0 Å². The fourth-order valence-corrected chi connectivity index (χ4v) is 2.80. The smallest absolute Gasteiger partial charge is 0.417 e. The number of pyridine rings is 1. The Hall–Kier alpha value is -3.31. The van der Waals surface area contributed by atoms with Gasteiger partial charge in [-0.15, -0.1) is 0 Å². The summed E-state index contributed by atoms with van der Waals surface area (Å²) in [5, 5.41) is 8.52. The number of benzene rings is 1. The molecule has 0 fully saturated rings. The van der Waals surface area contributed by atoms with Gasteiger partial charge in [0, 0.05) is 30.8 Å². The number of esters is 1. The summed E-state index contributed by atoms with van der Waals surface area (Å²) < 4.78 is 60.6. The van der Waals surface area contributed by atoms with E-state index in [4.69, 9.17) is 35.7 Å². The van der Waals surface area contributed by atoms with E-state index < -0.39 is 34.8 Å². The fraction of sp³-hybridized carbons (Fsp3) is 0.348. The van der Waals surface area contributed by atoms with Crippen LogP contribution in [0.4, 0.5) is 13.2 Å². The first kappa shape index (κ1) is 27.9. The molecule has 0 saturated carbocycles. The van der Waals surface area contributed by atoms with Crippen molar-refractivity contribution >= 4 is 29.6 Å².